The molecular weight excluding hydrogens is 344 g/mol. The van der Waals surface area contributed by atoms with Crippen molar-refractivity contribution in [3.63, 3.8) is 0 Å². The number of amides is 1. The van der Waals surface area contributed by atoms with Gasteiger partial charge in [-0.25, -0.2) is 0 Å². The van der Waals surface area contributed by atoms with Gasteiger partial charge in [0.2, 0.25) is 5.91 Å². The Morgan fingerprint density at radius 2 is 1.65 bits per heavy atom. The highest BCUT2D eigenvalue weighted by Crippen LogP contribution is 2.31. The predicted molar refractivity (Wildman–Crippen MR) is 104 cm³/mol. The minimum Gasteiger partial charge on any atom is -0.326 e. The van der Waals surface area contributed by atoms with Gasteiger partial charge in [0.15, 0.2) is 0 Å². The Morgan fingerprint density at radius 1 is 1.00 bits per heavy atom. The van der Waals surface area contributed by atoms with Gasteiger partial charge in [0.25, 0.3) is 0 Å². The summed E-state index contributed by atoms with van der Waals surface area (Å²) >= 11 is 6.39. The molecule has 3 aromatic carbocycles. The molecule has 1 unspecified atom stereocenters. The molecule has 1 atom stereocenters. The van der Waals surface area contributed by atoms with E-state index < -0.39 is 5.92 Å². The topological polar surface area (TPSA) is 52.9 Å². The zero-order valence-electron chi connectivity index (χ0n) is 14.0. The smallest absolute Gasteiger partial charge is 0.228 e. The molecule has 0 aliphatic rings. The van der Waals surface area contributed by atoms with Gasteiger partial charge in [0.1, 0.15) is 0 Å². The summed E-state index contributed by atoms with van der Waals surface area (Å²) in [6.07, 6.45) is 0.297. The van der Waals surface area contributed by atoms with Crippen LogP contribution in [0.1, 0.15) is 22.6 Å². The third-order valence-electron chi connectivity index (χ3n) is 4.06. The second kappa shape index (κ2) is 8.33. The van der Waals surface area contributed by atoms with Crippen molar-refractivity contribution in [3.05, 3.63) is 101 Å². The van der Waals surface area contributed by atoms with Gasteiger partial charge in [-0.15, -0.1) is 0 Å². The Bertz CT molecular complexity index is 933. The molecule has 0 saturated carbocycles. The Balaban J connectivity index is 1.75. The van der Waals surface area contributed by atoms with Crippen molar-refractivity contribution in [2.45, 2.75) is 12.3 Å². The van der Waals surface area contributed by atoms with E-state index in [0.29, 0.717) is 17.1 Å². The lowest BCUT2D eigenvalue weighted by atomic mass is 9.92. The molecule has 0 heterocycles. The van der Waals surface area contributed by atoms with Crippen molar-refractivity contribution < 1.29 is 4.79 Å². The summed E-state index contributed by atoms with van der Waals surface area (Å²) < 4.78 is 0. The molecule has 0 bridgehead atoms. The minimum absolute atomic E-state index is 0.111. The fourth-order valence-electron chi connectivity index (χ4n) is 2.79. The first-order chi connectivity index (χ1) is 12.7. The second-order valence-electron chi connectivity index (χ2n) is 5.92. The first-order valence-electron chi connectivity index (χ1n) is 8.25. The zero-order chi connectivity index (χ0) is 18.4. The van der Waals surface area contributed by atoms with Gasteiger partial charge >= 0.3 is 0 Å². The number of carbonyl (C=O) groups is 1. The van der Waals surface area contributed by atoms with Crippen molar-refractivity contribution in [1.29, 1.82) is 5.26 Å². The lowest BCUT2D eigenvalue weighted by molar-refractivity contribution is -0.115. The third kappa shape index (κ3) is 4.30. The molecule has 1 N–H and O–H groups in total. The van der Waals surface area contributed by atoms with Crippen LogP contribution in [-0.4, -0.2) is 5.91 Å². The number of carbonyl (C=O) groups excluding carboxylic acids is 1. The molecule has 3 aromatic rings. The molecular formula is C22H17ClN2O. The number of hydrogen-bond acceptors (Lipinski definition) is 2. The van der Waals surface area contributed by atoms with E-state index in [0.717, 1.165) is 16.7 Å². The number of halogens is 1. The average Bonchev–Trinajstić information content (AvgIpc) is 2.65. The van der Waals surface area contributed by atoms with Crippen molar-refractivity contribution in [2.75, 3.05) is 5.32 Å². The Labute approximate surface area is 157 Å². The second-order valence-corrected chi connectivity index (χ2v) is 6.33. The van der Waals surface area contributed by atoms with E-state index in [2.05, 4.69) is 11.4 Å². The van der Waals surface area contributed by atoms with Gasteiger partial charge < -0.3 is 5.32 Å². The van der Waals surface area contributed by atoms with Crippen molar-refractivity contribution in [2.24, 2.45) is 0 Å². The number of nitrogens with zero attached hydrogens (tertiary/aromatic N) is 1. The van der Waals surface area contributed by atoms with Gasteiger partial charge in [-0.2, -0.15) is 5.26 Å². The van der Waals surface area contributed by atoms with E-state index in [1.165, 1.54) is 0 Å². The summed E-state index contributed by atoms with van der Waals surface area (Å²) in [6, 6.07) is 26.6. The molecule has 0 aliphatic heterocycles. The number of nitrogens with one attached hydrogen (secondary N) is 1. The van der Waals surface area contributed by atoms with Crippen LogP contribution in [0.25, 0.3) is 0 Å². The quantitative estimate of drug-likeness (QED) is 0.681. The summed E-state index contributed by atoms with van der Waals surface area (Å²) in [4.78, 5) is 12.2. The number of nitriles is 1. The maximum atomic E-state index is 12.2. The van der Waals surface area contributed by atoms with Crippen LogP contribution < -0.4 is 5.32 Å². The predicted octanol–water partition coefficient (Wildman–Crippen LogP) is 5.18. The zero-order valence-corrected chi connectivity index (χ0v) is 14.8. The van der Waals surface area contributed by atoms with E-state index in [4.69, 9.17) is 11.6 Å². The van der Waals surface area contributed by atoms with Crippen LogP contribution in [0.3, 0.4) is 0 Å². The lowest BCUT2D eigenvalue weighted by Crippen LogP contribution is -2.14. The summed E-state index contributed by atoms with van der Waals surface area (Å²) in [5, 5.41) is 12.9. The highest BCUT2D eigenvalue weighted by Gasteiger charge is 2.17. The molecule has 0 fully saturated rings. The van der Waals surface area contributed by atoms with Gasteiger partial charge in [-0.1, -0.05) is 78.3 Å². The molecule has 0 aromatic heterocycles. The van der Waals surface area contributed by atoms with Crippen molar-refractivity contribution in [3.8, 4) is 6.07 Å². The van der Waals surface area contributed by atoms with Gasteiger partial charge in [0, 0.05) is 10.7 Å². The van der Waals surface area contributed by atoms with Crippen LogP contribution in [0.2, 0.25) is 5.02 Å². The number of hydrogen-bond donors (Lipinski definition) is 1. The molecule has 0 saturated heterocycles. The Hall–Kier alpha value is -3.09. The summed E-state index contributed by atoms with van der Waals surface area (Å²) in [5.74, 6) is -0.558. The van der Waals surface area contributed by atoms with E-state index in [1.807, 2.05) is 60.7 Å². The molecule has 26 heavy (non-hydrogen) atoms. The van der Waals surface area contributed by atoms with Gasteiger partial charge in [-0.3, -0.25) is 4.79 Å². The molecule has 4 heteroatoms. The van der Waals surface area contributed by atoms with Crippen LogP contribution in [0.5, 0.6) is 0 Å². The standard InChI is InChI=1S/C22H17ClN2O/c23-21-14-18(25-22(26)13-16-7-3-1-4-8-16)11-12-19(21)20(15-24)17-9-5-2-6-10-17/h1-12,14,20H,13H2,(H,25,26). The summed E-state index contributed by atoms with van der Waals surface area (Å²) in [6.45, 7) is 0. The summed E-state index contributed by atoms with van der Waals surface area (Å²) in [5.41, 5.74) is 3.17. The lowest BCUT2D eigenvalue weighted by Gasteiger charge is -2.13. The molecule has 0 radical (unpaired) electrons. The fraction of sp³-hybridized carbons (Fsp3) is 0.0909. The van der Waals surface area contributed by atoms with Crippen LogP contribution in [-0.2, 0) is 11.2 Å². The van der Waals surface area contributed by atoms with E-state index in [1.54, 1.807) is 18.2 Å². The SMILES string of the molecule is N#CC(c1ccccc1)c1ccc(NC(=O)Cc2ccccc2)cc1Cl. The van der Waals surface area contributed by atoms with E-state index in [9.17, 15) is 10.1 Å². The highest BCUT2D eigenvalue weighted by molar-refractivity contribution is 6.31. The van der Waals surface area contributed by atoms with Gasteiger partial charge in [0.05, 0.1) is 18.4 Å². The number of benzene rings is 3. The normalized spacial score (nSPS) is 11.4. The van der Waals surface area contributed by atoms with Crippen LogP contribution in [0.4, 0.5) is 5.69 Å². The molecule has 0 spiro atoms. The number of rotatable bonds is 5. The molecule has 128 valence electrons. The fourth-order valence-corrected chi connectivity index (χ4v) is 3.08. The summed E-state index contributed by atoms with van der Waals surface area (Å²) in [7, 11) is 0. The molecule has 1 amide bonds. The Morgan fingerprint density at radius 3 is 2.27 bits per heavy atom. The van der Waals surface area contributed by atoms with E-state index in [-0.39, 0.29) is 5.91 Å². The first kappa shape index (κ1) is 17.7. The monoisotopic (exact) mass is 360 g/mol. The van der Waals surface area contributed by atoms with E-state index >= 15 is 0 Å². The van der Waals surface area contributed by atoms with Crippen LogP contribution in [0, 0.1) is 11.3 Å². The van der Waals surface area contributed by atoms with Crippen molar-refractivity contribution >= 4 is 23.2 Å². The van der Waals surface area contributed by atoms with Crippen LogP contribution >= 0.6 is 11.6 Å². The minimum atomic E-state index is -0.447. The molecule has 0 aliphatic carbocycles. The maximum absolute atomic E-state index is 12.2. The third-order valence-corrected chi connectivity index (χ3v) is 4.39. The van der Waals surface area contributed by atoms with Crippen molar-refractivity contribution in [1.82, 2.24) is 0 Å². The molecule has 3 rings (SSSR count). The number of anilines is 1. The maximum Gasteiger partial charge on any atom is 0.228 e. The van der Waals surface area contributed by atoms with Gasteiger partial charge in [-0.05, 0) is 28.8 Å². The van der Waals surface area contributed by atoms with Crippen LogP contribution in [0.15, 0.2) is 78.9 Å². The Kier molecular flexibility index (Phi) is 5.68. The molecule has 3 nitrogen and oxygen atoms in total. The first-order valence-corrected chi connectivity index (χ1v) is 8.63. The highest BCUT2D eigenvalue weighted by atomic mass is 35.5. The largest absolute Gasteiger partial charge is 0.326 e. The average molecular weight is 361 g/mol.